The molecule has 6 heteroatoms. The van der Waals surface area contributed by atoms with Crippen LogP contribution in [-0.2, 0) is 19.9 Å². The molecule has 0 atom stereocenters. The van der Waals surface area contributed by atoms with Crippen LogP contribution in [0.5, 0.6) is 11.5 Å². The first-order valence-corrected chi connectivity index (χ1v) is 11.6. The summed E-state index contributed by atoms with van der Waals surface area (Å²) in [6.07, 6.45) is 2.59. The predicted molar refractivity (Wildman–Crippen MR) is 131 cm³/mol. The third-order valence-corrected chi connectivity index (χ3v) is 6.10. The van der Waals surface area contributed by atoms with E-state index in [9.17, 15) is 9.59 Å². The molecule has 3 aromatic carbocycles. The van der Waals surface area contributed by atoms with Crippen molar-refractivity contribution in [2.45, 2.75) is 18.4 Å². The molecule has 0 saturated carbocycles. The van der Waals surface area contributed by atoms with Gasteiger partial charge in [0.1, 0.15) is 17.1 Å². The van der Waals surface area contributed by atoms with E-state index in [-0.39, 0.29) is 10.9 Å². The van der Waals surface area contributed by atoms with Gasteiger partial charge in [-0.3, -0.25) is 9.59 Å². The molecule has 0 saturated heterocycles. The minimum atomic E-state index is -0.896. The molecule has 0 fully saturated rings. The van der Waals surface area contributed by atoms with Gasteiger partial charge >= 0.3 is 0 Å². The van der Waals surface area contributed by atoms with E-state index < -0.39 is 5.60 Å². The third kappa shape index (κ3) is 6.03. The number of carbonyl (C=O) groups excluding carboxylic acids is 2. The summed E-state index contributed by atoms with van der Waals surface area (Å²) in [4.78, 5) is 22.4. The number of hydrogen-bond acceptors (Lipinski definition) is 6. The van der Waals surface area contributed by atoms with Crippen LogP contribution in [0, 0.1) is 0 Å². The Morgan fingerprint density at radius 1 is 0.818 bits per heavy atom. The van der Waals surface area contributed by atoms with Gasteiger partial charge in [0.25, 0.3) is 0 Å². The van der Waals surface area contributed by atoms with E-state index in [0.29, 0.717) is 19.4 Å². The van der Waals surface area contributed by atoms with E-state index in [4.69, 9.17) is 14.2 Å². The minimum absolute atomic E-state index is 0.0406. The second-order valence-corrected chi connectivity index (χ2v) is 8.29. The van der Waals surface area contributed by atoms with E-state index in [1.165, 1.54) is 0 Å². The normalized spacial score (nSPS) is 11.1. The average molecular weight is 464 g/mol. The van der Waals surface area contributed by atoms with Crippen LogP contribution < -0.4 is 9.47 Å². The van der Waals surface area contributed by atoms with Crippen LogP contribution >= 0.6 is 11.8 Å². The highest BCUT2D eigenvalue weighted by molar-refractivity contribution is 8.14. The second-order valence-electron chi connectivity index (χ2n) is 7.26. The number of benzene rings is 3. The summed E-state index contributed by atoms with van der Waals surface area (Å²) in [6.45, 7) is 0.351. The molecule has 0 bridgehead atoms. The molecular weight excluding hydrogens is 436 g/mol. The average Bonchev–Trinajstić information content (AvgIpc) is 2.88. The van der Waals surface area contributed by atoms with Gasteiger partial charge < -0.3 is 14.2 Å². The summed E-state index contributed by atoms with van der Waals surface area (Å²) in [5, 5.41) is -0.0406. The summed E-state index contributed by atoms with van der Waals surface area (Å²) in [5.74, 6) is 1.57. The summed E-state index contributed by atoms with van der Waals surface area (Å²) in [5.41, 5.74) is 1.95. The van der Waals surface area contributed by atoms with Crippen molar-refractivity contribution in [1.29, 1.82) is 0 Å². The maximum Gasteiger partial charge on any atom is 0.209 e. The van der Waals surface area contributed by atoms with E-state index in [1.807, 2.05) is 78.9 Å². The van der Waals surface area contributed by atoms with Crippen molar-refractivity contribution in [2.75, 3.05) is 26.6 Å². The highest BCUT2D eigenvalue weighted by Gasteiger charge is 2.37. The molecule has 0 heterocycles. The fourth-order valence-corrected chi connectivity index (χ4v) is 4.21. The van der Waals surface area contributed by atoms with Gasteiger partial charge in [-0.25, -0.2) is 0 Å². The molecule has 5 nitrogen and oxygen atoms in total. The Labute approximate surface area is 199 Å². The summed E-state index contributed by atoms with van der Waals surface area (Å²) in [6, 6.07) is 25.6. The van der Waals surface area contributed by atoms with E-state index in [1.54, 1.807) is 20.5 Å². The van der Waals surface area contributed by atoms with Gasteiger partial charge in [0.05, 0.1) is 20.0 Å². The summed E-state index contributed by atoms with van der Waals surface area (Å²) >= 11 is 0.986. The maximum atomic E-state index is 12.0. The first-order chi connectivity index (χ1) is 16.1. The Balaban J connectivity index is 2.01. The van der Waals surface area contributed by atoms with E-state index >= 15 is 0 Å². The third-order valence-electron chi connectivity index (χ3n) is 5.31. The van der Waals surface area contributed by atoms with Crippen LogP contribution in [0.3, 0.4) is 0 Å². The van der Waals surface area contributed by atoms with Crippen LogP contribution in [0.4, 0.5) is 0 Å². The molecule has 0 amide bonds. The van der Waals surface area contributed by atoms with Crippen molar-refractivity contribution in [2.24, 2.45) is 0 Å². The zero-order valence-electron chi connectivity index (χ0n) is 18.8. The minimum Gasteiger partial charge on any atom is -0.497 e. The fraction of sp³-hybridized carbons (Fsp3) is 0.259. The fourth-order valence-electron chi connectivity index (χ4n) is 3.70. The smallest absolute Gasteiger partial charge is 0.209 e. The van der Waals surface area contributed by atoms with Crippen molar-refractivity contribution in [3.63, 3.8) is 0 Å². The number of rotatable bonds is 12. The van der Waals surface area contributed by atoms with Crippen LogP contribution in [-0.4, -0.2) is 38.0 Å². The number of carbonyl (C=O) groups is 1. The van der Waals surface area contributed by atoms with Crippen LogP contribution in [0.1, 0.15) is 29.5 Å². The molecular formula is C27H27O5S. The van der Waals surface area contributed by atoms with Crippen molar-refractivity contribution in [3.8, 4) is 11.5 Å². The van der Waals surface area contributed by atoms with Gasteiger partial charge in [-0.15, -0.1) is 0 Å². The highest BCUT2D eigenvalue weighted by atomic mass is 32.2. The Morgan fingerprint density at radius 3 is 1.82 bits per heavy atom. The quantitative estimate of drug-likeness (QED) is 0.273. The van der Waals surface area contributed by atoms with Gasteiger partial charge in [0.15, 0.2) is 5.12 Å². The molecule has 171 valence electrons. The van der Waals surface area contributed by atoms with Crippen molar-refractivity contribution in [3.05, 3.63) is 95.6 Å². The lowest BCUT2D eigenvalue weighted by molar-refractivity contribution is -0.111. The van der Waals surface area contributed by atoms with Crippen molar-refractivity contribution < 1.29 is 23.8 Å². The zero-order chi connectivity index (χ0) is 23.5. The van der Waals surface area contributed by atoms with E-state index in [2.05, 4.69) is 0 Å². The highest BCUT2D eigenvalue weighted by Crippen LogP contribution is 2.41. The SMILES string of the molecule is COc1ccc(C(OCCCC(=O)SC[C]=O)(c2ccccc2)c2ccc(OC)cc2)cc1. The number of ether oxygens (including phenoxy) is 3. The molecule has 3 aromatic rings. The first-order valence-electron chi connectivity index (χ1n) is 10.6. The number of methoxy groups -OCH3 is 2. The van der Waals surface area contributed by atoms with E-state index in [0.717, 1.165) is 40.0 Å². The molecule has 3 rings (SSSR count). The van der Waals surface area contributed by atoms with Crippen LogP contribution in [0.25, 0.3) is 0 Å². The molecule has 0 spiro atoms. The summed E-state index contributed by atoms with van der Waals surface area (Å²) < 4.78 is 17.4. The predicted octanol–water partition coefficient (Wildman–Crippen LogP) is 5.16. The zero-order valence-corrected chi connectivity index (χ0v) is 19.6. The van der Waals surface area contributed by atoms with Crippen molar-refractivity contribution in [1.82, 2.24) is 0 Å². The van der Waals surface area contributed by atoms with Gasteiger partial charge in [0.2, 0.25) is 6.29 Å². The van der Waals surface area contributed by atoms with Gasteiger partial charge in [-0.05, 0) is 47.4 Å². The lowest BCUT2D eigenvalue weighted by atomic mass is 9.80. The Hall–Kier alpha value is -3.09. The first kappa shape index (κ1) is 24.6. The number of hydrogen-bond donors (Lipinski definition) is 0. The second kappa shape index (κ2) is 12.2. The molecule has 0 N–H and O–H groups in total. The lowest BCUT2D eigenvalue weighted by Crippen LogP contribution is -2.33. The van der Waals surface area contributed by atoms with Crippen LogP contribution in [0.15, 0.2) is 78.9 Å². The lowest BCUT2D eigenvalue weighted by Gasteiger charge is -2.36. The largest absolute Gasteiger partial charge is 0.497 e. The molecule has 0 aliphatic rings. The molecule has 0 unspecified atom stereocenters. The van der Waals surface area contributed by atoms with Crippen LogP contribution in [0.2, 0.25) is 0 Å². The molecule has 0 aliphatic heterocycles. The standard InChI is InChI=1S/C27H27O5S/c1-30-24-14-10-22(11-15-24)27(21-7-4-3-5-8-21,23-12-16-25(31-2)17-13-23)32-19-6-9-26(29)33-20-18-28/h3-5,7-8,10-17H,6,9,19-20H2,1-2H3. The van der Waals surface area contributed by atoms with Gasteiger partial charge in [-0.2, -0.15) is 0 Å². The molecule has 0 aliphatic carbocycles. The Kier molecular flexibility index (Phi) is 9.10. The Bertz CT molecular complexity index is 969. The maximum absolute atomic E-state index is 12.0. The molecule has 33 heavy (non-hydrogen) atoms. The van der Waals surface area contributed by atoms with Crippen molar-refractivity contribution >= 4 is 23.2 Å². The summed E-state index contributed by atoms with van der Waals surface area (Å²) in [7, 11) is 3.27. The topological polar surface area (TPSA) is 61.8 Å². The molecule has 0 aromatic heterocycles. The Morgan fingerprint density at radius 2 is 1.33 bits per heavy atom. The monoisotopic (exact) mass is 463 g/mol. The van der Waals surface area contributed by atoms with Gasteiger partial charge in [0, 0.05) is 13.0 Å². The van der Waals surface area contributed by atoms with Gasteiger partial charge in [-0.1, -0.05) is 66.4 Å². The molecule has 1 radical (unpaired) electrons. The number of thioether (sulfide) groups is 1.